The van der Waals surface area contributed by atoms with E-state index in [2.05, 4.69) is 15.6 Å². The van der Waals surface area contributed by atoms with Crippen LogP contribution in [0.4, 0.5) is 11.5 Å². The number of methoxy groups -OCH3 is 1. The lowest BCUT2D eigenvalue weighted by Crippen LogP contribution is -2.17. The molecule has 0 saturated heterocycles. The third-order valence-electron chi connectivity index (χ3n) is 5.30. The number of anilines is 2. The standard InChI is InChI=1S/C24H25N5O2/c1-16-6-4-9-20(17(16)2)27-22(30)10-11-26-24-23(18-7-5-8-19(14-18)31-3)28-21-15-25-12-13-29(21)24/h4-9,12-15,26H,10-11H2,1-3H3,(H,27,30). The topological polar surface area (TPSA) is 80.6 Å². The fraction of sp³-hybridized carbons (Fsp3) is 0.208. The van der Waals surface area contributed by atoms with Crippen LogP contribution in [0.15, 0.2) is 61.1 Å². The molecule has 0 atom stereocenters. The Morgan fingerprint density at radius 1 is 1.16 bits per heavy atom. The minimum atomic E-state index is -0.0420. The molecule has 2 N–H and O–H groups in total. The molecule has 4 aromatic rings. The number of aryl methyl sites for hydroxylation is 1. The highest BCUT2D eigenvalue weighted by molar-refractivity contribution is 5.92. The lowest BCUT2D eigenvalue weighted by atomic mass is 10.1. The van der Waals surface area contributed by atoms with E-state index in [9.17, 15) is 4.79 Å². The van der Waals surface area contributed by atoms with Gasteiger partial charge < -0.3 is 15.4 Å². The van der Waals surface area contributed by atoms with Gasteiger partial charge in [-0.05, 0) is 43.2 Å². The van der Waals surface area contributed by atoms with E-state index in [0.29, 0.717) is 13.0 Å². The van der Waals surface area contributed by atoms with Crippen LogP contribution in [0.5, 0.6) is 5.75 Å². The molecule has 0 aliphatic rings. The molecule has 0 unspecified atom stereocenters. The first-order chi connectivity index (χ1) is 15.1. The number of carbonyl (C=O) groups is 1. The molecule has 0 spiro atoms. The van der Waals surface area contributed by atoms with E-state index in [0.717, 1.165) is 45.3 Å². The molecule has 7 heteroatoms. The number of benzene rings is 2. The van der Waals surface area contributed by atoms with Gasteiger partial charge in [0, 0.05) is 36.6 Å². The third kappa shape index (κ3) is 4.35. The number of hydrogen-bond donors (Lipinski definition) is 2. The third-order valence-corrected chi connectivity index (χ3v) is 5.30. The van der Waals surface area contributed by atoms with Gasteiger partial charge in [-0.2, -0.15) is 0 Å². The zero-order chi connectivity index (χ0) is 21.8. The molecule has 0 aliphatic heterocycles. The summed E-state index contributed by atoms with van der Waals surface area (Å²) in [6, 6.07) is 13.6. The zero-order valence-electron chi connectivity index (χ0n) is 17.8. The number of fused-ring (bicyclic) bond motifs is 1. The maximum atomic E-state index is 12.5. The number of imidazole rings is 1. The molecule has 2 aromatic heterocycles. The predicted octanol–water partition coefficient (Wildman–Crippen LogP) is 4.46. The highest BCUT2D eigenvalue weighted by Gasteiger charge is 2.15. The van der Waals surface area contributed by atoms with E-state index in [1.807, 2.05) is 66.9 Å². The lowest BCUT2D eigenvalue weighted by Gasteiger charge is -2.12. The second-order valence-electron chi connectivity index (χ2n) is 7.32. The van der Waals surface area contributed by atoms with E-state index in [-0.39, 0.29) is 5.91 Å². The van der Waals surface area contributed by atoms with Crippen molar-refractivity contribution in [3.8, 4) is 17.0 Å². The van der Waals surface area contributed by atoms with Gasteiger partial charge in [-0.3, -0.25) is 14.2 Å². The van der Waals surface area contributed by atoms with Crippen LogP contribution in [0.1, 0.15) is 17.5 Å². The first-order valence-corrected chi connectivity index (χ1v) is 10.1. The summed E-state index contributed by atoms with van der Waals surface area (Å²) in [6.45, 7) is 4.51. The second kappa shape index (κ2) is 8.87. The molecule has 1 amide bonds. The van der Waals surface area contributed by atoms with Gasteiger partial charge in [-0.25, -0.2) is 4.98 Å². The molecule has 31 heavy (non-hydrogen) atoms. The Morgan fingerprint density at radius 3 is 2.84 bits per heavy atom. The van der Waals surface area contributed by atoms with Crippen LogP contribution in [0.25, 0.3) is 16.9 Å². The maximum absolute atomic E-state index is 12.5. The molecule has 0 saturated carbocycles. The van der Waals surface area contributed by atoms with Crippen molar-refractivity contribution in [3.05, 3.63) is 72.2 Å². The van der Waals surface area contributed by atoms with Gasteiger partial charge in [0.2, 0.25) is 5.91 Å². The molecule has 0 radical (unpaired) electrons. The van der Waals surface area contributed by atoms with Gasteiger partial charge in [-0.1, -0.05) is 24.3 Å². The number of nitrogens with one attached hydrogen (secondary N) is 2. The average Bonchev–Trinajstić information content (AvgIpc) is 3.16. The predicted molar refractivity (Wildman–Crippen MR) is 123 cm³/mol. The Hall–Kier alpha value is -3.87. The van der Waals surface area contributed by atoms with E-state index >= 15 is 0 Å². The van der Waals surface area contributed by atoms with Crippen molar-refractivity contribution in [2.75, 3.05) is 24.3 Å². The molecule has 158 valence electrons. The van der Waals surface area contributed by atoms with Gasteiger partial charge in [-0.15, -0.1) is 0 Å². The fourth-order valence-corrected chi connectivity index (χ4v) is 3.44. The van der Waals surface area contributed by atoms with E-state index < -0.39 is 0 Å². The Kier molecular flexibility index (Phi) is 5.84. The quantitative estimate of drug-likeness (QED) is 0.466. The summed E-state index contributed by atoms with van der Waals surface area (Å²) < 4.78 is 7.29. The minimum absolute atomic E-state index is 0.0420. The minimum Gasteiger partial charge on any atom is -0.497 e. The highest BCUT2D eigenvalue weighted by atomic mass is 16.5. The number of nitrogens with zero attached hydrogens (tertiary/aromatic N) is 3. The summed E-state index contributed by atoms with van der Waals surface area (Å²) in [6.07, 6.45) is 5.60. The van der Waals surface area contributed by atoms with E-state index in [1.165, 1.54) is 0 Å². The number of carbonyl (C=O) groups excluding carboxylic acids is 1. The normalized spacial score (nSPS) is 10.8. The SMILES string of the molecule is COc1cccc(-c2nc3cnccn3c2NCCC(=O)Nc2cccc(C)c2C)c1. The van der Waals surface area contributed by atoms with Gasteiger partial charge in [0.15, 0.2) is 5.65 Å². The highest BCUT2D eigenvalue weighted by Crippen LogP contribution is 2.30. The largest absolute Gasteiger partial charge is 0.497 e. The smallest absolute Gasteiger partial charge is 0.226 e. The molecule has 4 rings (SSSR count). The van der Waals surface area contributed by atoms with E-state index in [1.54, 1.807) is 19.5 Å². The molecule has 0 aliphatic carbocycles. The Morgan fingerprint density at radius 2 is 2.00 bits per heavy atom. The molecular formula is C24H25N5O2. The molecule has 0 bridgehead atoms. The van der Waals surface area contributed by atoms with Crippen molar-refractivity contribution < 1.29 is 9.53 Å². The lowest BCUT2D eigenvalue weighted by molar-refractivity contribution is -0.115. The summed E-state index contributed by atoms with van der Waals surface area (Å²) in [4.78, 5) is 21.4. The maximum Gasteiger partial charge on any atom is 0.226 e. The molecular weight excluding hydrogens is 390 g/mol. The van der Waals surface area contributed by atoms with Gasteiger partial charge >= 0.3 is 0 Å². The number of aromatic nitrogens is 3. The van der Waals surface area contributed by atoms with E-state index in [4.69, 9.17) is 9.72 Å². The molecule has 7 nitrogen and oxygen atoms in total. The zero-order valence-corrected chi connectivity index (χ0v) is 17.8. The van der Waals surface area contributed by atoms with Gasteiger partial charge in [0.05, 0.1) is 13.3 Å². The summed E-state index contributed by atoms with van der Waals surface area (Å²) in [5.74, 6) is 1.52. The van der Waals surface area contributed by atoms with Gasteiger partial charge in [0.1, 0.15) is 17.3 Å². The van der Waals surface area contributed by atoms with Crippen molar-refractivity contribution in [1.82, 2.24) is 14.4 Å². The van der Waals surface area contributed by atoms with Crippen molar-refractivity contribution in [1.29, 1.82) is 0 Å². The van der Waals surface area contributed by atoms with Crippen molar-refractivity contribution >= 4 is 23.1 Å². The van der Waals surface area contributed by atoms with Crippen LogP contribution in [0.2, 0.25) is 0 Å². The Bertz CT molecular complexity index is 1230. The van der Waals surface area contributed by atoms with Crippen molar-refractivity contribution in [2.24, 2.45) is 0 Å². The van der Waals surface area contributed by atoms with Crippen LogP contribution in [0, 0.1) is 13.8 Å². The first kappa shape index (κ1) is 20.4. The average molecular weight is 415 g/mol. The fourth-order valence-electron chi connectivity index (χ4n) is 3.44. The number of amides is 1. The molecule has 2 heterocycles. The summed E-state index contributed by atoms with van der Waals surface area (Å²) in [7, 11) is 1.64. The van der Waals surface area contributed by atoms with Gasteiger partial charge in [0.25, 0.3) is 0 Å². The Balaban J connectivity index is 1.52. The van der Waals surface area contributed by atoms with Crippen molar-refractivity contribution in [3.63, 3.8) is 0 Å². The van der Waals surface area contributed by atoms with Crippen LogP contribution in [0.3, 0.4) is 0 Å². The summed E-state index contributed by atoms with van der Waals surface area (Å²) in [5.41, 5.74) is 5.51. The molecule has 0 fully saturated rings. The number of hydrogen-bond acceptors (Lipinski definition) is 5. The first-order valence-electron chi connectivity index (χ1n) is 10.1. The van der Waals surface area contributed by atoms with Crippen LogP contribution in [-0.2, 0) is 4.79 Å². The molecule has 2 aromatic carbocycles. The van der Waals surface area contributed by atoms with Crippen molar-refractivity contribution in [2.45, 2.75) is 20.3 Å². The summed E-state index contributed by atoms with van der Waals surface area (Å²) >= 11 is 0. The van der Waals surface area contributed by atoms with Crippen LogP contribution >= 0.6 is 0 Å². The summed E-state index contributed by atoms with van der Waals surface area (Å²) in [5, 5.41) is 6.39. The Labute approximate surface area is 181 Å². The number of rotatable bonds is 7. The monoisotopic (exact) mass is 415 g/mol. The van der Waals surface area contributed by atoms with Crippen LogP contribution in [-0.4, -0.2) is 33.9 Å². The second-order valence-corrected chi connectivity index (χ2v) is 7.32. The number of ether oxygens (including phenoxy) is 1. The van der Waals surface area contributed by atoms with Crippen LogP contribution < -0.4 is 15.4 Å².